The first-order chi connectivity index (χ1) is 11.2. The minimum absolute atomic E-state index is 0. The van der Waals surface area contributed by atoms with Crippen molar-refractivity contribution >= 4 is 33.3 Å². The van der Waals surface area contributed by atoms with E-state index in [0.29, 0.717) is 26.1 Å². The Hall–Kier alpha value is -1.12. The predicted molar refractivity (Wildman–Crippen MR) is 103 cm³/mol. The Balaban J connectivity index is 0.00000225. The Kier molecular flexibility index (Phi) is 6.17. The first-order valence-electron chi connectivity index (χ1n) is 8.35. The largest absolute Gasteiger partial charge is 0.633 e. The Morgan fingerprint density at radius 1 is 1.24 bits per heavy atom. The molecule has 0 amide bonds. The van der Waals surface area contributed by atoms with Crippen LogP contribution in [0.4, 0.5) is 0 Å². The SMILES string of the molecule is C[N+](C)([O-])CCc1c[nH]c2ccc(CS(=O)(=O)N3CCCC3)cc12.Cl. The topological polar surface area (TPSA) is 76.2 Å². The lowest BCUT2D eigenvalue weighted by Crippen LogP contribution is -2.34. The molecule has 0 spiro atoms. The van der Waals surface area contributed by atoms with Crippen LogP contribution in [-0.2, 0) is 22.2 Å². The maximum absolute atomic E-state index is 12.5. The minimum atomic E-state index is -3.24. The van der Waals surface area contributed by atoms with Crippen LogP contribution >= 0.6 is 12.4 Å². The van der Waals surface area contributed by atoms with Crippen molar-refractivity contribution in [1.29, 1.82) is 0 Å². The molecule has 1 fully saturated rings. The number of H-pyrrole nitrogens is 1. The van der Waals surface area contributed by atoms with E-state index in [0.717, 1.165) is 34.9 Å². The third-order valence-electron chi connectivity index (χ3n) is 4.56. The van der Waals surface area contributed by atoms with Crippen molar-refractivity contribution in [2.75, 3.05) is 33.7 Å². The number of hydrogen-bond acceptors (Lipinski definition) is 3. The monoisotopic (exact) mass is 387 g/mol. The van der Waals surface area contributed by atoms with E-state index in [4.69, 9.17) is 0 Å². The van der Waals surface area contributed by atoms with Gasteiger partial charge in [0.15, 0.2) is 0 Å². The van der Waals surface area contributed by atoms with Crippen LogP contribution in [0.2, 0.25) is 0 Å². The summed E-state index contributed by atoms with van der Waals surface area (Å²) in [4.78, 5) is 3.20. The first kappa shape index (κ1) is 20.2. The average Bonchev–Trinajstić information content (AvgIpc) is 3.14. The van der Waals surface area contributed by atoms with E-state index in [9.17, 15) is 13.6 Å². The second-order valence-electron chi connectivity index (χ2n) is 7.10. The van der Waals surface area contributed by atoms with E-state index in [1.165, 1.54) is 0 Å². The van der Waals surface area contributed by atoms with Crippen molar-refractivity contribution in [3.05, 3.63) is 40.7 Å². The summed E-state index contributed by atoms with van der Waals surface area (Å²) in [7, 11) is 0.0126. The normalized spacial score (nSPS) is 16.3. The second-order valence-corrected chi connectivity index (χ2v) is 9.07. The second kappa shape index (κ2) is 7.63. The maximum atomic E-state index is 12.5. The number of nitrogens with one attached hydrogen (secondary N) is 1. The number of aromatic amines is 1. The van der Waals surface area contributed by atoms with Gasteiger partial charge >= 0.3 is 0 Å². The van der Waals surface area contributed by atoms with Crippen LogP contribution < -0.4 is 0 Å². The fraction of sp³-hybridized carbons (Fsp3) is 0.529. The van der Waals surface area contributed by atoms with E-state index < -0.39 is 10.0 Å². The van der Waals surface area contributed by atoms with Crippen LogP contribution in [-0.4, -0.2) is 56.1 Å². The van der Waals surface area contributed by atoms with Crippen molar-refractivity contribution in [3.8, 4) is 0 Å². The lowest BCUT2D eigenvalue weighted by Gasteiger charge is -2.33. The summed E-state index contributed by atoms with van der Waals surface area (Å²) in [5, 5.41) is 12.8. The van der Waals surface area contributed by atoms with Gasteiger partial charge in [-0.15, -0.1) is 12.4 Å². The van der Waals surface area contributed by atoms with E-state index in [1.54, 1.807) is 18.4 Å². The number of hydroxylamine groups is 3. The smallest absolute Gasteiger partial charge is 0.218 e. The van der Waals surface area contributed by atoms with Gasteiger partial charge in [0, 0.05) is 36.6 Å². The van der Waals surface area contributed by atoms with Gasteiger partial charge in [-0.1, -0.05) is 6.07 Å². The molecule has 25 heavy (non-hydrogen) atoms. The number of fused-ring (bicyclic) bond motifs is 1. The summed E-state index contributed by atoms with van der Waals surface area (Å²) in [5.41, 5.74) is 2.84. The van der Waals surface area contributed by atoms with E-state index in [1.807, 2.05) is 24.4 Å². The fourth-order valence-electron chi connectivity index (χ4n) is 3.18. The third-order valence-corrected chi connectivity index (χ3v) is 6.41. The van der Waals surface area contributed by atoms with Crippen LogP contribution in [0.15, 0.2) is 24.4 Å². The van der Waals surface area contributed by atoms with Crippen molar-refractivity contribution in [2.24, 2.45) is 0 Å². The van der Waals surface area contributed by atoms with Crippen molar-refractivity contribution in [1.82, 2.24) is 9.29 Å². The molecule has 1 aliphatic rings. The van der Waals surface area contributed by atoms with Gasteiger partial charge in [0.05, 0.1) is 26.4 Å². The van der Waals surface area contributed by atoms with Gasteiger partial charge in [-0.05, 0) is 36.1 Å². The van der Waals surface area contributed by atoms with E-state index in [2.05, 4.69) is 4.98 Å². The molecule has 2 heterocycles. The van der Waals surface area contributed by atoms with Crippen LogP contribution in [0.5, 0.6) is 0 Å². The van der Waals surface area contributed by atoms with Gasteiger partial charge in [-0.25, -0.2) is 12.7 Å². The molecule has 0 radical (unpaired) electrons. The summed E-state index contributed by atoms with van der Waals surface area (Å²) < 4.78 is 26.2. The molecule has 1 saturated heterocycles. The molecule has 1 aliphatic heterocycles. The summed E-state index contributed by atoms with van der Waals surface area (Å²) in [6.07, 6.45) is 4.48. The summed E-state index contributed by atoms with van der Waals surface area (Å²) in [5.74, 6) is 0.0384. The molecule has 0 atom stereocenters. The molecule has 1 N–H and O–H groups in total. The minimum Gasteiger partial charge on any atom is -0.633 e. The first-order valence-corrected chi connectivity index (χ1v) is 9.96. The van der Waals surface area contributed by atoms with Gasteiger partial charge < -0.3 is 14.8 Å². The molecule has 0 aliphatic carbocycles. The highest BCUT2D eigenvalue weighted by Crippen LogP contribution is 2.23. The molecule has 6 nitrogen and oxygen atoms in total. The molecular formula is C17H26ClN3O3S. The summed E-state index contributed by atoms with van der Waals surface area (Å²) in [6.45, 7) is 1.76. The average molecular weight is 388 g/mol. The zero-order valence-corrected chi connectivity index (χ0v) is 16.3. The number of benzene rings is 1. The molecule has 3 rings (SSSR count). The van der Waals surface area contributed by atoms with Crippen molar-refractivity contribution < 1.29 is 13.1 Å². The van der Waals surface area contributed by atoms with E-state index in [-0.39, 0.29) is 22.8 Å². The molecule has 0 unspecified atom stereocenters. The number of aromatic nitrogens is 1. The summed E-state index contributed by atoms with van der Waals surface area (Å²) >= 11 is 0. The predicted octanol–water partition coefficient (Wildman–Crippen LogP) is 2.63. The lowest BCUT2D eigenvalue weighted by molar-refractivity contribution is -0.839. The summed E-state index contributed by atoms with van der Waals surface area (Å²) in [6, 6.07) is 5.73. The number of sulfonamides is 1. The molecule has 2 aromatic rings. The molecule has 1 aromatic carbocycles. The van der Waals surface area contributed by atoms with Crippen LogP contribution in [0.1, 0.15) is 24.0 Å². The van der Waals surface area contributed by atoms with Gasteiger partial charge in [-0.2, -0.15) is 0 Å². The van der Waals surface area contributed by atoms with Crippen LogP contribution in [0.3, 0.4) is 0 Å². The Morgan fingerprint density at radius 2 is 1.92 bits per heavy atom. The van der Waals surface area contributed by atoms with Crippen LogP contribution in [0.25, 0.3) is 10.9 Å². The molecule has 140 valence electrons. The maximum Gasteiger partial charge on any atom is 0.218 e. The van der Waals surface area contributed by atoms with Crippen LogP contribution in [0, 0.1) is 5.21 Å². The van der Waals surface area contributed by atoms with Crippen molar-refractivity contribution in [2.45, 2.75) is 25.0 Å². The quantitative estimate of drug-likeness (QED) is 0.611. The highest BCUT2D eigenvalue weighted by Gasteiger charge is 2.25. The Bertz CT molecular complexity index is 821. The zero-order chi connectivity index (χ0) is 17.4. The molecule has 0 bridgehead atoms. The number of halogens is 1. The molecule has 1 aromatic heterocycles. The molecular weight excluding hydrogens is 362 g/mol. The number of rotatable bonds is 6. The lowest BCUT2D eigenvalue weighted by atomic mass is 10.1. The third kappa shape index (κ3) is 4.95. The number of hydrogen-bond donors (Lipinski definition) is 1. The standard InChI is InChI=1S/C17H25N3O3S.ClH/c1-20(2,21)10-7-15-12-18-17-6-5-14(11-16(15)17)13-24(22,23)19-8-3-4-9-19;/h5-6,11-12,18H,3-4,7-10,13H2,1-2H3;1H. The Labute approximate surface area is 155 Å². The zero-order valence-electron chi connectivity index (χ0n) is 14.7. The number of quaternary nitrogens is 1. The fourth-order valence-corrected chi connectivity index (χ4v) is 4.78. The Morgan fingerprint density at radius 3 is 2.56 bits per heavy atom. The van der Waals surface area contributed by atoms with Gasteiger partial charge in [-0.3, -0.25) is 0 Å². The van der Waals surface area contributed by atoms with Crippen molar-refractivity contribution in [3.63, 3.8) is 0 Å². The number of likely N-dealkylation sites (N-methyl/N-ethyl adjacent to an activating group) is 1. The number of nitrogens with zero attached hydrogens (tertiary/aromatic N) is 2. The van der Waals surface area contributed by atoms with Gasteiger partial charge in [0.1, 0.15) is 0 Å². The molecule has 8 heteroatoms. The van der Waals surface area contributed by atoms with Gasteiger partial charge in [0.2, 0.25) is 10.0 Å². The van der Waals surface area contributed by atoms with E-state index >= 15 is 0 Å². The van der Waals surface area contributed by atoms with Gasteiger partial charge in [0.25, 0.3) is 0 Å². The molecule has 0 saturated carbocycles. The highest BCUT2D eigenvalue weighted by molar-refractivity contribution is 7.88. The highest BCUT2D eigenvalue weighted by atomic mass is 35.5.